The van der Waals surface area contributed by atoms with E-state index in [1.165, 1.54) is 0 Å². The third kappa shape index (κ3) is 9.63. The van der Waals surface area contributed by atoms with Crippen LogP contribution in [-0.2, 0) is 12.8 Å². The number of fused-ring (bicyclic) bond motifs is 2. The number of nitrogens with zero attached hydrogens (tertiary/aromatic N) is 2. The van der Waals surface area contributed by atoms with Gasteiger partial charge in [-0.25, -0.2) is 4.79 Å². The number of unbranched alkanes of at least 4 members (excludes halogenated alkanes) is 6. The second-order valence-electron chi connectivity index (χ2n) is 15.7. The second-order valence-corrected chi connectivity index (χ2v) is 15.7. The number of benzene rings is 2. The highest BCUT2D eigenvalue weighted by Crippen LogP contribution is 2.46. The molecular weight excluding hydrogens is 688 g/mol. The minimum atomic E-state index is -0.863. The van der Waals surface area contributed by atoms with Crippen LogP contribution < -0.4 is 18.9 Å². The van der Waals surface area contributed by atoms with Crippen molar-refractivity contribution in [2.45, 2.75) is 170 Å². The molecule has 2 aliphatic heterocycles. The van der Waals surface area contributed by atoms with Crippen LogP contribution in [0.25, 0.3) is 0 Å². The summed E-state index contributed by atoms with van der Waals surface area (Å²) in [4.78, 5) is 36.8. The van der Waals surface area contributed by atoms with Gasteiger partial charge in [-0.15, -0.1) is 0 Å². The van der Waals surface area contributed by atoms with Gasteiger partial charge < -0.3 is 18.9 Å². The van der Waals surface area contributed by atoms with Gasteiger partial charge in [-0.2, -0.15) is 0 Å². The summed E-state index contributed by atoms with van der Waals surface area (Å²) in [6.45, 7) is 19.3. The van der Waals surface area contributed by atoms with Gasteiger partial charge in [0.25, 0.3) is 0 Å². The number of carbonyl (C=O) groups excluding carboxylic acids is 1. The summed E-state index contributed by atoms with van der Waals surface area (Å²) in [7, 11) is 0. The fourth-order valence-electron chi connectivity index (χ4n) is 7.80. The lowest BCUT2D eigenvalue weighted by Gasteiger charge is -2.36. The van der Waals surface area contributed by atoms with Gasteiger partial charge in [0, 0.05) is 36.1 Å². The highest BCUT2D eigenvalue weighted by Gasteiger charge is 2.38. The number of hydrogen-bond acceptors (Lipinski definition) is 9. The highest BCUT2D eigenvalue weighted by molar-refractivity contribution is 5.73. The maximum absolute atomic E-state index is 13.5. The number of allylic oxidation sites excluding steroid dienone is 2. The highest BCUT2D eigenvalue weighted by atomic mass is 16.7. The van der Waals surface area contributed by atoms with Crippen LogP contribution in [-0.4, -0.2) is 27.2 Å². The number of hydrogen-bond donors (Lipinski definition) is 0. The fourth-order valence-corrected chi connectivity index (χ4v) is 7.80. The smallest absolute Gasteiger partial charge is 0.483 e. The Morgan fingerprint density at radius 1 is 0.630 bits per heavy atom. The van der Waals surface area contributed by atoms with Crippen molar-refractivity contribution in [3.63, 3.8) is 0 Å². The molecule has 11 heteroatoms. The SMILES string of the molecule is CCCCCC/C(=C\C1(C)CCc2c(C)c(OC(=O)Oc3c(C)c(C)c4c(c3C)CCC(C)(/C=C(\CCCCCC)[N+](=O)[O-])O4)c(C)c(C)c2O1)[N+](=O)[O-]. The fraction of sp³-hybridized carbons (Fsp3) is 0.605. The number of carbonyl (C=O) groups is 1. The van der Waals surface area contributed by atoms with E-state index >= 15 is 0 Å². The zero-order valence-corrected chi connectivity index (χ0v) is 34.1. The van der Waals surface area contributed by atoms with Crippen molar-refractivity contribution in [3.8, 4) is 23.0 Å². The van der Waals surface area contributed by atoms with Crippen molar-refractivity contribution in [2.24, 2.45) is 0 Å². The lowest BCUT2D eigenvalue weighted by atomic mass is 9.86. The Bertz CT molecular complexity index is 1700. The van der Waals surface area contributed by atoms with Crippen molar-refractivity contribution in [2.75, 3.05) is 0 Å². The monoisotopic (exact) mass is 748 g/mol. The summed E-state index contributed by atoms with van der Waals surface area (Å²) in [5, 5.41) is 23.9. The first-order chi connectivity index (χ1) is 25.5. The van der Waals surface area contributed by atoms with E-state index in [1.807, 2.05) is 55.4 Å². The van der Waals surface area contributed by atoms with E-state index in [4.69, 9.17) is 18.9 Å². The molecule has 2 heterocycles. The molecule has 54 heavy (non-hydrogen) atoms. The van der Waals surface area contributed by atoms with Crippen molar-refractivity contribution >= 4 is 6.16 Å². The third-order valence-electron chi connectivity index (χ3n) is 11.4. The van der Waals surface area contributed by atoms with Crippen molar-refractivity contribution in [3.05, 3.63) is 88.3 Å². The van der Waals surface area contributed by atoms with Crippen LogP contribution in [0.1, 0.15) is 149 Å². The molecular formula is C43H60N2O9. The molecule has 0 aliphatic carbocycles. The molecule has 0 aromatic heterocycles. The van der Waals surface area contributed by atoms with E-state index in [-0.39, 0.29) is 21.2 Å². The first-order valence-corrected chi connectivity index (χ1v) is 19.7. The zero-order valence-electron chi connectivity index (χ0n) is 34.1. The summed E-state index contributed by atoms with van der Waals surface area (Å²) in [5.74, 6) is 2.16. The van der Waals surface area contributed by atoms with E-state index < -0.39 is 17.4 Å². The molecule has 0 bridgehead atoms. The molecule has 0 saturated heterocycles. The molecule has 0 radical (unpaired) electrons. The quantitative estimate of drug-likeness (QED) is 0.0539. The zero-order chi connectivity index (χ0) is 40.0. The van der Waals surface area contributed by atoms with E-state index in [1.54, 1.807) is 12.2 Å². The first-order valence-electron chi connectivity index (χ1n) is 19.7. The molecule has 0 fully saturated rings. The van der Waals surface area contributed by atoms with Crippen molar-refractivity contribution < 1.29 is 33.6 Å². The normalized spacial score (nSPS) is 19.7. The third-order valence-corrected chi connectivity index (χ3v) is 11.4. The average molecular weight is 749 g/mol. The topological polar surface area (TPSA) is 140 Å². The Kier molecular flexibility index (Phi) is 14.0. The molecule has 0 N–H and O–H groups in total. The predicted molar refractivity (Wildman–Crippen MR) is 210 cm³/mol. The summed E-state index contributed by atoms with van der Waals surface area (Å²) in [5.41, 5.74) is 5.07. The summed E-state index contributed by atoms with van der Waals surface area (Å²) < 4.78 is 25.0. The molecule has 0 saturated carbocycles. The molecule has 2 unspecified atom stereocenters. The largest absolute Gasteiger partial charge is 0.519 e. The average Bonchev–Trinajstić information content (AvgIpc) is 3.12. The maximum atomic E-state index is 13.5. The number of ether oxygens (including phenoxy) is 4. The lowest BCUT2D eigenvalue weighted by molar-refractivity contribution is -0.429. The standard InChI is InChI=1S/C43H60N2O9/c1-11-13-15-17-19-33(44(47)48)25-42(9)23-21-35-31(7)37(27(3)29(5)39(35)53-42)51-41(46)52-38-28(4)30(6)40-36(32(38)8)22-24-43(10,54-40)26-34(45(49)50)20-18-16-14-12-2/h25-26H,11-24H2,1-10H3/b33-25+,34-26+. The van der Waals surface area contributed by atoms with Gasteiger partial charge >= 0.3 is 6.16 Å². The molecule has 0 amide bonds. The van der Waals surface area contributed by atoms with Crippen LogP contribution in [0, 0.1) is 61.8 Å². The van der Waals surface area contributed by atoms with Crippen molar-refractivity contribution in [1.82, 2.24) is 0 Å². The van der Waals surface area contributed by atoms with Crippen LogP contribution in [0.4, 0.5) is 4.79 Å². The Morgan fingerprint density at radius 3 is 1.33 bits per heavy atom. The molecule has 11 nitrogen and oxygen atoms in total. The van der Waals surface area contributed by atoms with Gasteiger partial charge in [-0.1, -0.05) is 52.4 Å². The van der Waals surface area contributed by atoms with Gasteiger partial charge in [0.15, 0.2) is 0 Å². The van der Waals surface area contributed by atoms with Gasteiger partial charge in [0.1, 0.15) is 34.2 Å². The van der Waals surface area contributed by atoms with Crippen LogP contribution in [0.2, 0.25) is 0 Å². The molecule has 2 atom stereocenters. The predicted octanol–water partition coefficient (Wildman–Crippen LogP) is 11.5. The van der Waals surface area contributed by atoms with Crippen molar-refractivity contribution in [1.29, 1.82) is 0 Å². The van der Waals surface area contributed by atoms with Crippen LogP contribution >= 0.6 is 0 Å². The van der Waals surface area contributed by atoms with E-state index in [0.717, 1.165) is 95.9 Å². The lowest BCUT2D eigenvalue weighted by Crippen LogP contribution is -2.36. The Morgan fingerprint density at radius 2 is 1.00 bits per heavy atom. The second kappa shape index (κ2) is 17.8. The van der Waals surface area contributed by atoms with Crippen LogP contribution in [0.15, 0.2) is 23.5 Å². The summed E-state index contributed by atoms with van der Waals surface area (Å²) >= 11 is 0. The molecule has 2 aromatic rings. The van der Waals surface area contributed by atoms with Crippen LogP contribution in [0.5, 0.6) is 23.0 Å². The first kappa shape index (κ1) is 42.3. The Hall–Kier alpha value is -4.41. The van der Waals surface area contributed by atoms with Gasteiger partial charge in [-0.05, 0) is 127 Å². The maximum Gasteiger partial charge on any atom is 0.519 e. The molecule has 296 valence electrons. The molecule has 2 aliphatic rings. The van der Waals surface area contributed by atoms with E-state index in [0.29, 0.717) is 61.5 Å². The van der Waals surface area contributed by atoms with E-state index in [9.17, 15) is 25.0 Å². The van der Waals surface area contributed by atoms with Gasteiger partial charge in [0.2, 0.25) is 11.4 Å². The minimum Gasteiger partial charge on any atom is -0.483 e. The molecule has 2 aromatic carbocycles. The Balaban J connectivity index is 1.55. The minimum absolute atomic E-state index is 0.184. The Labute approximate surface area is 320 Å². The number of nitro groups is 2. The van der Waals surface area contributed by atoms with Crippen LogP contribution in [0.3, 0.4) is 0 Å². The summed E-state index contributed by atoms with van der Waals surface area (Å²) in [6.07, 6.45) is 13.2. The van der Waals surface area contributed by atoms with Gasteiger partial charge in [-0.3, -0.25) is 20.2 Å². The number of rotatable bonds is 16. The summed E-state index contributed by atoms with van der Waals surface area (Å²) in [6, 6.07) is 0. The molecule has 4 rings (SSSR count). The molecule has 0 spiro atoms. The van der Waals surface area contributed by atoms with Gasteiger partial charge in [0.05, 0.1) is 9.85 Å². The van der Waals surface area contributed by atoms with E-state index in [2.05, 4.69) is 13.8 Å².